The Morgan fingerprint density at radius 3 is 2.23 bits per heavy atom. The van der Waals surface area contributed by atoms with Gasteiger partial charge in [0.2, 0.25) is 0 Å². The van der Waals surface area contributed by atoms with E-state index in [1.54, 1.807) is 12.1 Å². The maximum absolute atomic E-state index is 13.0. The lowest BCUT2D eigenvalue weighted by Crippen LogP contribution is -2.26. The number of carbonyl (C=O) groups excluding carboxylic acids is 1. The molecule has 1 aromatic heterocycles. The van der Waals surface area contributed by atoms with Crippen LogP contribution in [0.1, 0.15) is 33.5 Å². The van der Waals surface area contributed by atoms with E-state index in [1.165, 1.54) is 23.5 Å². The van der Waals surface area contributed by atoms with Gasteiger partial charge in [0.1, 0.15) is 0 Å². The molecule has 11 heteroatoms. The zero-order chi connectivity index (χ0) is 28.7. The van der Waals surface area contributed by atoms with Crippen LogP contribution in [0.15, 0.2) is 78.2 Å². The summed E-state index contributed by atoms with van der Waals surface area (Å²) in [5.74, 6) is -1.34. The first kappa shape index (κ1) is 29.1. The van der Waals surface area contributed by atoms with Crippen molar-refractivity contribution in [1.29, 1.82) is 0 Å². The Morgan fingerprint density at radius 2 is 1.60 bits per heavy atom. The number of nitrogens with zero attached hydrogens (tertiary/aromatic N) is 2. The summed E-state index contributed by atoms with van der Waals surface area (Å²) in [6.45, 7) is 1.13. The van der Waals surface area contributed by atoms with Crippen molar-refractivity contribution in [3.05, 3.63) is 105 Å². The van der Waals surface area contributed by atoms with E-state index in [0.29, 0.717) is 46.5 Å². The predicted molar refractivity (Wildman–Crippen MR) is 150 cm³/mol. The maximum atomic E-state index is 13.0. The molecule has 0 atom stereocenters. The Morgan fingerprint density at radius 1 is 0.950 bits per heavy atom. The van der Waals surface area contributed by atoms with Crippen molar-refractivity contribution < 1.29 is 27.9 Å². The largest absolute Gasteiger partial charge is 0.481 e. The van der Waals surface area contributed by atoms with Crippen molar-refractivity contribution in [2.75, 3.05) is 18.0 Å². The fourth-order valence-corrected chi connectivity index (χ4v) is 4.88. The van der Waals surface area contributed by atoms with E-state index in [0.717, 1.165) is 23.3 Å². The summed E-state index contributed by atoms with van der Waals surface area (Å²) in [5, 5.41) is 14.5. The second kappa shape index (κ2) is 13.0. The smallest absolute Gasteiger partial charge is 0.416 e. The highest BCUT2D eigenvalue weighted by Gasteiger charge is 2.30. The third-order valence-corrected chi connectivity index (χ3v) is 7.22. The van der Waals surface area contributed by atoms with E-state index in [4.69, 9.17) is 21.7 Å². The lowest BCUT2D eigenvalue weighted by atomic mass is 10.1. The molecule has 6 nitrogen and oxygen atoms in total. The van der Waals surface area contributed by atoms with Crippen molar-refractivity contribution in [3.8, 4) is 11.3 Å². The number of alkyl halides is 3. The van der Waals surface area contributed by atoms with Crippen LogP contribution in [-0.2, 0) is 23.9 Å². The summed E-state index contributed by atoms with van der Waals surface area (Å²) in [7, 11) is 0. The summed E-state index contributed by atoms with van der Waals surface area (Å²) in [4.78, 5) is 29.7. The minimum atomic E-state index is -4.40. The summed E-state index contributed by atoms with van der Waals surface area (Å²) < 4.78 is 38.9. The standard InChI is InChI=1S/C29H25ClF3N3O3S/c30-24-11-3-19(4-12-24)14-16-36(17-20-1-5-22(6-2-20)27(39)34-15-13-26(37)38)28-35-25(18-40-28)21-7-9-23(10-8-21)29(31,32)33/h1-12,18H,13-17H2,(H,34,39)(H,37,38). The van der Waals surface area contributed by atoms with Crippen LogP contribution in [0.3, 0.4) is 0 Å². The zero-order valence-electron chi connectivity index (χ0n) is 21.1. The van der Waals surface area contributed by atoms with Gasteiger partial charge in [-0.1, -0.05) is 48.0 Å². The van der Waals surface area contributed by atoms with Crippen LogP contribution in [0, 0.1) is 0 Å². The molecular formula is C29H25ClF3N3O3S. The van der Waals surface area contributed by atoms with Crippen LogP contribution in [0.5, 0.6) is 0 Å². The van der Waals surface area contributed by atoms with E-state index >= 15 is 0 Å². The lowest BCUT2D eigenvalue weighted by molar-refractivity contribution is -0.138. The number of aromatic nitrogens is 1. The molecule has 40 heavy (non-hydrogen) atoms. The van der Waals surface area contributed by atoms with Crippen molar-refractivity contribution in [2.24, 2.45) is 0 Å². The number of benzene rings is 3. The molecular weight excluding hydrogens is 563 g/mol. The normalized spacial score (nSPS) is 11.3. The van der Waals surface area contributed by atoms with Crippen LogP contribution in [0.25, 0.3) is 11.3 Å². The first-order valence-corrected chi connectivity index (χ1v) is 13.6. The van der Waals surface area contributed by atoms with Crippen molar-refractivity contribution in [3.63, 3.8) is 0 Å². The Kier molecular flexibility index (Phi) is 9.44. The molecule has 4 rings (SSSR count). The number of carboxylic acid groups (broad SMARTS) is 1. The van der Waals surface area contributed by atoms with E-state index in [-0.39, 0.29) is 18.9 Å². The Hall–Kier alpha value is -3.89. The van der Waals surface area contributed by atoms with E-state index in [1.807, 2.05) is 41.8 Å². The fraction of sp³-hybridized carbons (Fsp3) is 0.207. The molecule has 0 aliphatic heterocycles. The first-order valence-electron chi connectivity index (χ1n) is 12.3. The highest BCUT2D eigenvalue weighted by Crippen LogP contribution is 2.33. The van der Waals surface area contributed by atoms with Gasteiger partial charge < -0.3 is 15.3 Å². The fourth-order valence-electron chi connectivity index (χ4n) is 3.90. The molecule has 1 heterocycles. The summed E-state index contributed by atoms with van der Waals surface area (Å²) in [5.41, 5.74) is 2.88. The van der Waals surface area contributed by atoms with Crippen LogP contribution in [0.2, 0.25) is 5.02 Å². The molecule has 1 amide bonds. The van der Waals surface area contributed by atoms with Gasteiger partial charge in [-0.3, -0.25) is 9.59 Å². The number of carbonyl (C=O) groups is 2. The summed E-state index contributed by atoms with van der Waals surface area (Å²) in [6.07, 6.45) is -3.86. The number of halogens is 4. The molecule has 0 aliphatic rings. The minimum Gasteiger partial charge on any atom is -0.481 e. The second-order valence-corrected chi connectivity index (χ2v) is 10.3. The Labute approximate surface area is 238 Å². The summed E-state index contributed by atoms with van der Waals surface area (Å²) in [6, 6.07) is 19.5. The molecule has 208 valence electrons. The van der Waals surface area contributed by atoms with Crippen molar-refractivity contribution in [1.82, 2.24) is 10.3 Å². The number of anilines is 1. The molecule has 0 fully saturated rings. The van der Waals surface area contributed by atoms with Gasteiger partial charge in [-0.25, -0.2) is 4.98 Å². The maximum Gasteiger partial charge on any atom is 0.416 e. The quantitative estimate of drug-likeness (QED) is 0.199. The number of rotatable bonds is 11. The van der Waals surface area contributed by atoms with Gasteiger partial charge in [-0.05, 0) is 53.9 Å². The van der Waals surface area contributed by atoms with Gasteiger partial charge in [-0.15, -0.1) is 11.3 Å². The lowest BCUT2D eigenvalue weighted by Gasteiger charge is -2.22. The molecule has 0 aliphatic carbocycles. The molecule has 0 saturated heterocycles. The highest BCUT2D eigenvalue weighted by atomic mass is 35.5. The molecule has 0 saturated carbocycles. The highest BCUT2D eigenvalue weighted by molar-refractivity contribution is 7.14. The molecule has 0 unspecified atom stereocenters. The molecule has 3 aromatic carbocycles. The Balaban J connectivity index is 1.51. The third-order valence-electron chi connectivity index (χ3n) is 6.07. The van der Waals surface area contributed by atoms with E-state index in [9.17, 15) is 22.8 Å². The topological polar surface area (TPSA) is 82.5 Å². The van der Waals surface area contributed by atoms with E-state index in [2.05, 4.69) is 10.2 Å². The predicted octanol–water partition coefficient (Wildman–Crippen LogP) is 6.94. The molecule has 0 bridgehead atoms. The SMILES string of the molecule is O=C(O)CCNC(=O)c1ccc(CN(CCc2ccc(Cl)cc2)c2nc(-c3ccc(C(F)(F)F)cc3)cs2)cc1. The average molecular weight is 588 g/mol. The van der Waals surface area contributed by atoms with Crippen LogP contribution in [0.4, 0.5) is 18.3 Å². The molecule has 4 aromatic rings. The number of carboxylic acids is 1. The first-order chi connectivity index (χ1) is 19.1. The number of nitrogens with one attached hydrogen (secondary N) is 1. The van der Waals surface area contributed by atoms with Gasteiger partial charge in [0, 0.05) is 41.2 Å². The Bertz CT molecular complexity index is 1440. The van der Waals surface area contributed by atoms with Crippen molar-refractivity contribution >= 4 is 39.9 Å². The number of thiazole rings is 1. The number of hydrogen-bond donors (Lipinski definition) is 2. The van der Waals surface area contributed by atoms with E-state index < -0.39 is 17.7 Å². The van der Waals surface area contributed by atoms with Gasteiger partial charge in [0.25, 0.3) is 5.91 Å². The van der Waals surface area contributed by atoms with Gasteiger partial charge in [0.05, 0.1) is 17.7 Å². The zero-order valence-corrected chi connectivity index (χ0v) is 22.7. The van der Waals surface area contributed by atoms with Gasteiger partial charge in [-0.2, -0.15) is 13.2 Å². The second-order valence-electron chi connectivity index (χ2n) is 8.99. The van der Waals surface area contributed by atoms with Crippen molar-refractivity contribution in [2.45, 2.75) is 25.6 Å². The van der Waals surface area contributed by atoms with Crippen LogP contribution >= 0.6 is 22.9 Å². The monoisotopic (exact) mass is 587 g/mol. The van der Waals surface area contributed by atoms with Gasteiger partial charge in [0.15, 0.2) is 5.13 Å². The number of hydrogen-bond acceptors (Lipinski definition) is 5. The molecule has 2 N–H and O–H groups in total. The number of amides is 1. The molecule has 0 radical (unpaired) electrons. The number of aliphatic carboxylic acids is 1. The van der Waals surface area contributed by atoms with Gasteiger partial charge >= 0.3 is 12.1 Å². The van der Waals surface area contributed by atoms with Crippen LogP contribution in [-0.4, -0.2) is 35.1 Å². The average Bonchev–Trinajstić information content (AvgIpc) is 3.42. The summed E-state index contributed by atoms with van der Waals surface area (Å²) >= 11 is 7.41. The molecule has 0 spiro atoms. The minimum absolute atomic E-state index is 0.0414. The van der Waals surface area contributed by atoms with Crippen LogP contribution < -0.4 is 10.2 Å². The third kappa shape index (κ3) is 8.06.